The highest BCUT2D eigenvalue weighted by Crippen LogP contribution is 2.18. The minimum Gasteiger partial charge on any atom is -0.465 e. The Kier molecular flexibility index (Phi) is 10.7. The zero-order valence-corrected chi connectivity index (χ0v) is 16.2. The van der Waals surface area contributed by atoms with E-state index in [1.807, 2.05) is 24.3 Å². The maximum Gasteiger partial charge on any atom is 0.319 e. The van der Waals surface area contributed by atoms with Gasteiger partial charge in [0, 0.05) is 10.0 Å². The van der Waals surface area contributed by atoms with Crippen LogP contribution in [0.15, 0.2) is 41.4 Å². The van der Waals surface area contributed by atoms with Crippen LogP contribution in [0.3, 0.4) is 0 Å². The van der Waals surface area contributed by atoms with Gasteiger partial charge in [-0.3, -0.25) is 14.9 Å². The zero-order valence-electron chi connectivity index (χ0n) is 14.6. The SMILES string of the molecule is Brc1cccc(-c2ncncn2)c1.CCOC(=O)CNCC(=O)OCC. The van der Waals surface area contributed by atoms with Crippen molar-refractivity contribution in [3.8, 4) is 11.4 Å². The summed E-state index contributed by atoms with van der Waals surface area (Å²) in [7, 11) is 0. The molecule has 0 saturated heterocycles. The average molecular weight is 425 g/mol. The van der Waals surface area contributed by atoms with E-state index in [9.17, 15) is 9.59 Å². The number of carbonyl (C=O) groups is 2. The first kappa shape index (κ1) is 21.7. The molecule has 26 heavy (non-hydrogen) atoms. The van der Waals surface area contributed by atoms with E-state index in [1.54, 1.807) is 13.8 Å². The second-order valence-corrected chi connectivity index (χ2v) is 5.60. The molecule has 0 radical (unpaired) electrons. The van der Waals surface area contributed by atoms with Crippen molar-refractivity contribution in [2.45, 2.75) is 13.8 Å². The summed E-state index contributed by atoms with van der Waals surface area (Å²) in [5.74, 6) is -0.0464. The third-order valence-corrected chi connectivity index (χ3v) is 3.22. The number of hydrogen-bond acceptors (Lipinski definition) is 8. The molecule has 1 heterocycles. The van der Waals surface area contributed by atoms with E-state index in [-0.39, 0.29) is 25.0 Å². The molecule has 0 spiro atoms. The summed E-state index contributed by atoms with van der Waals surface area (Å²) in [4.78, 5) is 33.3. The van der Waals surface area contributed by atoms with Crippen molar-refractivity contribution in [3.63, 3.8) is 0 Å². The lowest BCUT2D eigenvalue weighted by atomic mass is 10.2. The second-order valence-electron chi connectivity index (χ2n) is 4.69. The van der Waals surface area contributed by atoms with Crippen LogP contribution >= 0.6 is 15.9 Å². The minimum atomic E-state index is -0.369. The largest absolute Gasteiger partial charge is 0.465 e. The molecule has 0 saturated carbocycles. The summed E-state index contributed by atoms with van der Waals surface area (Å²) in [5, 5.41) is 2.61. The van der Waals surface area contributed by atoms with Crippen molar-refractivity contribution >= 4 is 27.9 Å². The fraction of sp³-hybridized carbons (Fsp3) is 0.353. The molecule has 0 bridgehead atoms. The number of rotatable bonds is 7. The molecule has 0 unspecified atom stereocenters. The number of nitrogens with zero attached hydrogens (tertiary/aromatic N) is 3. The molecule has 0 aliphatic heterocycles. The number of hydrogen-bond donors (Lipinski definition) is 1. The fourth-order valence-corrected chi connectivity index (χ4v) is 2.11. The molecule has 9 heteroatoms. The molecule has 0 amide bonds. The maximum absolute atomic E-state index is 10.7. The predicted molar refractivity (Wildman–Crippen MR) is 99.1 cm³/mol. The van der Waals surface area contributed by atoms with Gasteiger partial charge in [0.2, 0.25) is 0 Å². The number of ether oxygens (including phenoxy) is 2. The molecule has 140 valence electrons. The Morgan fingerprint density at radius 3 is 2.12 bits per heavy atom. The van der Waals surface area contributed by atoms with E-state index in [1.165, 1.54) is 12.7 Å². The first-order valence-electron chi connectivity index (χ1n) is 7.96. The Morgan fingerprint density at radius 1 is 1.04 bits per heavy atom. The quantitative estimate of drug-likeness (QED) is 0.672. The van der Waals surface area contributed by atoms with Gasteiger partial charge in [-0.05, 0) is 26.0 Å². The van der Waals surface area contributed by atoms with Gasteiger partial charge in [-0.2, -0.15) is 0 Å². The van der Waals surface area contributed by atoms with Crippen molar-refractivity contribution in [2.24, 2.45) is 0 Å². The standard InChI is InChI=1S/C9H6BrN3.C8H15NO4/c10-8-3-1-2-7(4-8)9-12-5-11-6-13-9;1-3-12-7(10)5-9-6-8(11)13-4-2/h1-6H;9H,3-6H2,1-2H3. The van der Waals surface area contributed by atoms with Crippen LogP contribution in [-0.2, 0) is 19.1 Å². The van der Waals surface area contributed by atoms with E-state index < -0.39 is 0 Å². The first-order valence-corrected chi connectivity index (χ1v) is 8.76. The van der Waals surface area contributed by atoms with E-state index >= 15 is 0 Å². The molecule has 1 aromatic carbocycles. The van der Waals surface area contributed by atoms with E-state index in [0.29, 0.717) is 19.0 Å². The van der Waals surface area contributed by atoms with Gasteiger partial charge < -0.3 is 9.47 Å². The van der Waals surface area contributed by atoms with Crippen molar-refractivity contribution in [1.82, 2.24) is 20.3 Å². The van der Waals surface area contributed by atoms with Crippen LogP contribution in [0.4, 0.5) is 0 Å². The third-order valence-electron chi connectivity index (χ3n) is 2.73. The molecule has 2 rings (SSSR count). The van der Waals surface area contributed by atoms with Crippen LogP contribution in [0.5, 0.6) is 0 Å². The summed E-state index contributed by atoms with van der Waals surface area (Å²) in [5.41, 5.74) is 0.983. The van der Waals surface area contributed by atoms with Crippen molar-refractivity contribution in [2.75, 3.05) is 26.3 Å². The lowest BCUT2D eigenvalue weighted by Crippen LogP contribution is -2.30. The van der Waals surface area contributed by atoms with Crippen LogP contribution < -0.4 is 5.32 Å². The molecule has 0 aliphatic rings. The molecule has 0 atom stereocenters. The number of aromatic nitrogens is 3. The summed E-state index contributed by atoms with van der Waals surface area (Å²) in [6, 6.07) is 7.84. The van der Waals surface area contributed by atoms with Gasteiger partial charge in [0.05, 0.1) is 26.3 Å². The minimum absolute atomic E-state index is 0.0344. The van der Waals surface area contributed by atoms with E-state index in [4.69, 9.17) is 0 Å². The van der Waals surface area contributed by atoms with Crippen LogP contribution in [0, 0.1) is 0 Å². The highest BCUT2D eigenvalue weighted by atomic mass is 79.9. The summed E-state index contributed by atoms with van der Waals surface area (Å²) in [6.45, 7) is 4.21. The lowest BCUT2D eigenvalue weighted by molar-refractivity contribution is -0.143. The molecule has 2 aromatic rings. The summed E-state index contributed by atoms with van der Waals surface area (Å²) < 4.78 is 10.3. The maximum atomic E-state index is 10.7. The summed E-state index contributed by atoms with van der Waals surface area (Å²) >= 11 is 3.39. The lowest BCUT2D eigenvalue weighted by Gasteiger charge is -2.03. The summed E-state index contributed by atoms with van der Waals surface area (Å²) in [6.07, 6.45) is 2.98. The molecule has 1 aromatic heterocycles. The Hall–Kier alpha value is -2.39. The second kappa shape index (κ2) is 12.9. The van der Waals surface area contributed by atoms with E-state index in [2.05, 4.69) is 45.7 Å². The normalized spacial score (nSPS) is 9.65. The number of benzene rings is 1. The third kappa shape index (κ3) is 9.19. The Balaban J connectivity index is 0.000000260. The van der Waals surface area contributed by atoms with Crippen LogP contribution in [0.25, 0.3) is 11.4 Å². The van der Waals surface area contributed by atoms with Gasteiger partial charge >= 0.3 is 11.9 Å². The number of esters is 2. The number of nitrogens with one attached hydrogen (secondary N) is 1. The smallest absolute Gasteiger partial charge is 0.319 e. The molecule has 0 fully saturated rings. The van der Waals surface area contributed by atoms with Crippen molar-refractivity contribution in [1.29, 1.82) is 0 Å². The molecule has 8 nitrogen and oxygen atoms in total. The molecule has 1 N–H and O–H groups in total. The number of halogens is 1. The monoisotopic (exact) mass is 424 g/mol. The molecular formula is C17H21BrN4O4. The van der Waals surface area contributed by atoms with E-state index in [0.717, 1.165) is 10.0 Å². The van der Waals surface area contributed by atoms with Gasteiger partial charge in [-0.25, -0.2) is 15.0 Å². The average Bonchev–Trinajstić information content (AvgIpc) is 2.63. The number of carbonyl (C=O) groups excluding carboxylic acids is 2. The van der Waals surface area contributed by atoms with Crippen LogP contribution in [0.1, 0.15) is 13.8 Å². The van der Waals surface area contributed by atoms with Gasteiger partial charge in [-0.1, -0.05) is 28.1 Å². The Bertz CT molecular complexity index is 667. The van der Waals surface area contributed by atoms with Gasteiger partial charge in [0.25, 0.3) is 0 Å². The fourth-order valence-electron chi connectivity index (χ4n) is 1.71. The molecular weight excluding hydrogens is 404 g/mol. The first-order chi connectivity index (χ1) is 12.6. The van der Waals surface area contributed by atoms with Crippen LogP contribution in [-0.4, -0.2) is 53.2 Å². The van der Waals surface area contributed by atoms with Crippen LogP contribution in [0.2, 0.25) is 0 Å². The Morgan fingerprint density at radius 2 is 1.62 bits per heavy atom. The zero-order chi connectivity index (χ0) is 19.2. The highest BCUT2D eigenvalue weighted by molar-refractivity contribution is 9.10. The van der Waals surface area contributed by atoms with Gasteiger partial charge in [0.15, 0.2) is 5.82 Å². The predicted octanol–water partition coefficient (Wildman–Crippen LogP) is 2.00. The van der Waals surface area contributed by atoms with Crippen molar-refractivity contribution in [3.05, 3.63) is 41.4 Å². The molecule has 0 aliphatic carbocycles. The van der Waals surface area contributed by atoms with Crippen molar-refractivity contribution < 1.29 is 19.1 Å². The topological polar surface area (TPSA) is 103 Å². The van der Waals surface area contributed by atoms with Gasteiger partial charge in [0.1, 0.15) is 12.7 Å². The highest BCUT2D eigenvalue weighted by Gasteiger charge is 2.04. The van der Waals surface area contributed by atoms with Gasteiger partial charge in [-0.15, -0.1) is 0 Å². The Labute approximate surface area is 160 Å².